The molecule has 0 aliphatic heterocycles. The van der Waals surface area contributed by atoms with Gasteiger partial charge < -0.3 is 16.2 Å². The minimum Gasteiger partial charge on any atom is -0.399 e. The van der Waals surface area contributed by atoms with Crippen molar-refractivity contribution in [2.45, 2.75) is 19.4 Å². The van der Waals surface area contributed by atoms with E-state index in [1.54, 1.807) is 26.0 Å². The molecule has 3 nitrogen and oxygen atoms in total. The van der Waals surface area contributed by atoms with Crippen LogP contribution in [-0.2, 0) is 0 Å². The largest absolute Gasteiger partial charge is 0.399 e. The summed E-state index contributed by atoms with van der Waals surface area (Å²) in [6.07, 6.45) is 0. The van der Waals surface area contributed by atoms with Gasteiger partial charge in [0.25, 0.3) is 0 Å². The molecule has 0 atom stereocenters. The van der Waals surface area contributed by atoms with Crippen LogP contribution in [0.5, 0.6) is 0 Å². The van der Waals surface area contributed by atoms with E-state index >= 15 is 0 Å². The van der Waals surface area contributed by atoms with Gasteiger partial charge in [0.15, 0.2) is 0 Å². The Morgan fingerprint density at radius 3 is 2.64 bits per heavy atom. The highest BCUT2D eigenvalue weighted by Gasteiger charge is 2.12. The van der Waals surface area contributed by atoms with Gasteiger partial charge >= 0.3 is 0 Å². The highest BCUT2D eigenvalue weighted by atomic mass is 19.1. The summed E-state index contributed by atoms with van der Waals surface area (Å²) in [6.45, 7) is 3.58. The van der Waals surface area contributed by atoms with Crippen LogP contribution < -0.4 is 11.1 Å². The zero-order valence-corrected chi connectivity index (χ0v) is 8.34. The summed E-state index contributed by atoms with van der Waals surface area (Å²) in [5.74, 6) is -0.408. The third-order valence-corrected chi connectivity index (χ3v) is 1.70. The van der Waals surface area contributed by atoms with E-state index in [0.717, 1.165) is 0 Å². The number of hydrogen-bond donors (Lipinski definition) is 3. The molecule has 0 aliphatic carbocycles. The number of nitrogens with one attached hydrogen (secondary N) is 1. The first-order valence-corrected chi connectivity index (χ1v) is 4.40. The fourth-order valence-corrected chi connectivity index (χ4v) is 0.986. The number of hydrogen-bond acceptors (Lipinski definition) is 3. The third kappa shape index (κ3) is 3.22. The van der Waals surface area contributed by atoms with Gasteiger partial charge in [0.2, 0.25) is 0 Å². The monoisotopic (exact) mass is 198 g/mol. The zero-order valence-electron chi connectivity index (χ0n) is 8.34. The molecule has 0 saturated carbocycles. The number of halogens is 1. The summed E-state index contributed by atoms with van der Waals surface area (Å²) >= 11 is 0. The number of anilines is 2. The normalized spacial score (nSPS) is 11.4. The van der Waals surface area contributed by atoms with Crippen LogP contribution in [0.15, 0.2) is 18.2 Å². The average Bonchev–Trinajstić information content (AvgIpc) is 2.00. The second-order valence-corrected chi connectivity index (χ2v) is 3.91. The number of rotatable bonds is 3. The van der Waals surface area contributed by atoms with E-state index in [2.05, 4.69) is 5.32 Å². The van der Waals surface area contributed by atoms with Crippen molar-refractivity contribution in [3.8, 4) is 0 Å². The Balaban J connectivity index is 2.68. The van der Waals surface area contributed by atoms with E-state index in [1.165, 1.54) is 6.07 Å². The number of benzene rings is 1. The maximum absolute atomic E-state index is 13.2. The van der Waals surface area contributed by atoms with Gasteiger partial charge in [-0.3, -0.25) is 0 Å². The molecule has 78 valence electrons. The number of aliphatic hydroxyl groups is 1. The molecule has 0 aromatic heterocycles. The number of nitrogen functional groups attached to an aromatic ring is 1. The molecule has 1 aromatic rings. The van der Waals surface area contributed by atoms with Crippen LogP contribution in [0.25, 0.3) is 0 Å². The molecule has 1 aromatic carbocycles. The van der Waals surface area contributed by atoms with Crippen LogP contribution in [0.4, 0.5) is 15.8 Å². The Morgan fingerprint density at radius 1 is 1.50 bits per heavy atom. The molecule has 0 fully saturated rings. The quantitative estimate of drug-likeness (QED) is 0.646. The Bertz CT molecular complexity index is 320. The lowest BCUT2D eigenvalue weighted by Gasteiger charge is -2.18. The second kappa shape index (κ2) is 3.84. The van der Waals surface area contributed by atoms with E-state index < -0.39 is 11.4 Å². The van der Waals surface area contributed by atoms with Crippen LogP contribution in [-0.4, -0.2) is 17.3 Å². The standard InChI is InChI=1S/C10H15FN2O/c1-10(2,14)6-13-9-4-3-7(12)5-8(9)11/h3-5,13-14H,6,12H2,1-2H3. The lowest BCUT2D eigenvalue weighted by atomic mass is 10.1. The predicted octanol–water partition coefficient (Wildman–Crippen LogP) is 1.59. The molecule has 4 N–H and O–H groups in total. The molecule has 0 radical (unpaired) electrons. The van der Waals surface area contributed by atoms with E-state index in [1.807, 2.05) is 0 Å². The topological polar surface area (TPSA) is 58.3 Å². The molecule has 1 rings (SSSR count). The van der Waals surface area contributed by atoms with E-state index in [0.29, 0.717) is 11.4 Å². The Labute approximate surface area is 82.7 Å². The van der Waals surface area contributed by atoms with E-state index in [9.17, 15) is 9.50 Å². The molecule has 0 unspecified atom stereocenters. The van der Waals surface area contributed by atoms with Gasteiger partial charge in [-0.05, 0) is 32.0 Å². The molecule has 0 amide bonds. The molecule has 0 bridgehead atoms. The highest BCUT2D eigenvalue weighted by Crippen LogP contribution is 2.17. The van der Waals surface area contributed by atoms with Crippen LogP contribution in [0.3, 0.4) is 0 Å². The maximum Gasteiger partial charge on any atom is 0.148 e. The molecule has 0 saturated heterocycles. The zero-order chi connectivity index (χ0) is 10.8. The predicted molar refractivity (Wildman–Crippen MR) is 55.6 cm³/mol. The molecule has 0 spiro atoms. The summed E-state index contributed by atoms with van der Waals surface area (Å²) in [4.78, 5) is 0. The van der Waals surface area contributed by atoms with Crippen molar-refractivity contribution in [2.24, 2.45) is 0 Å². The Hall–Kier alpha value is -1.29. The summed E-state index contributed by atoms with van der Waals surface area (Å²) in [6, 6.07) is 4.40. The second-order valence-electron chi connectivity index (χ2n) is 3.91. The first-order valence-electron chi connectivity index (χ1n) is 4.40. The Kier molecular flexibility index (Phi) is 2.96. The van der Waals surface area contributed by atoms with Gasteiger partial charge in [-0.15, -0.1) is 0 Å². The molecule has 14 heavy (non-hydrogen) atoms. The smallest absolute Gasteiger partial charge is 0.148 e. The van der Waals surface area contributed by atoms with Gasteiger partial charge in [-0.1, -0.05) is 0 Å². The van der Waals surface area contributed by atoms with Gasteiger partial charge in [-0.2, -0.15) is 0 Å². The summed E-state index contributed by atoms with van der Waals surface area (Å²) < 4.78 is 13.2. The van der Waals surface area contributed by atoms with Crippen LogP contribution >= 0.6 is 0 Å². The summed E-state index contributed by atoms with van der Waals surface area (Å²) in [5.41, 5.74) is 5.26. The van der Waals surface area contributed by atoms with Crippen molar-refractivity contribution in [2.75, 3.05) is 17.6 Å². The summed E-state index contributed by atoms with van der Waals surface area (Å²) in [7, 11) is 0. The van der Waals surface area contributed by atoms with Gasteiger partial charge in [0.1, 0.15) is 5.82 Å². The molecular weight excluding hydrogens is 183 g/mol. The van der Waals surface area contributed by atoms with E-state index in [-0.39, 0.29) is 6.54 Å². The molecular formula is C10H15FN2O. The van der Waals surface area contributed by atoms with Gasteiger partial charge in [-0.25, -0.2) is 4.39 Å². The number of nitrogens with two attached hydrogens (primary N) is 1. The SMILES string of the molecule is CC(C)(O)CNc1ccc(N)cc1F. The lowest BCUT2D eigenvalue weighted by molar-refractivity contribution is 0.0944. The fourth-order valence-electron chi connectivity index (χ4n) is 0.986. The van der Waals surface area contributed by atoms with Crippen LogP contribution in [0, 0.1) is 5.82 Å². The highest BCUT2D eigenvalue weighted by molar-refractivity contribution is 5.52. The molecule has 4 heteroatoms. The van der Waals surface area contributed by atoms with Crippen molar-refractivity contribution < 1.29 is 9.50 Å². The van der Waals surface area contributed by atoms with Crippen LogP contribution in [0.2, 0.25) is 0 Å². The van der Waals surface area contributed by atoms with Gasteiger partial charge in [0, 0.05) is 12.2 Å². The minimum absolute atomic E-state index is 0.286. The van der Waals surface area contributed by atoms with E-state index in [4.69, 9.17) is 5.73 Å². The van der Waals surface area contributed by atoms with Crippen LogP contribution in [0.1, 0.15) is 13.8 Å². The third-order valence-electron chi connectivity index (χ3n) is 1.70. The maximum atomic E-state index is 13.2. The van der Waals surface area contributed by atoms with Gasteiger partial charge in [0.05, 0.1) is 11.3 Å². The Morgan fingerprint density at radius 2 is 2.14 bits per heavy atom. The first kappa shape index (κ1) is 10.8. The fraction of sp³-hybridized carbons (Fsp3) is 0.400. The van der Waals surface area contributed by atoms with Crippen molar-refractivity contribution in [1.29, 1.82) is 0 Å². The summed E-state index contributed by atoms with van der Waals surface area (Å²) in [5, 5.41) is 12.2. The first-order chi connectivity index (χ1) is 6.38. The molecule has 0 heterocycles. The van der Waals surface area contributed by atoms with Crippen molar-refractivity contribution in [1.82, 2.24) is 0 Å². The minimum atomic E-state index is -0.867. The lowest BCUT2D eigenvalue weighted by Crippen LogP contribution is -2.29. The van der Waals surface area contributed by atoms with Crippen molar-refractivity contribution in [3.63, 3.8) is 0 Å². The average molecular weight is 198 g/mol. The molecule has 0 aliphatic rings. The van der Waals surface area contributed by atoms with Crippen molar-refractivity contribution in [3.05, 3.63) is 24.0 Å². The van der Waals surface area contributed by atoms with Crippen molar-refractivity contribution >= 4 is 11.4 Å².